The molecule has 1 unspecified atom stereocenters. The van der Waals surface area contributed by atoms with Gasteiger partial charge in [0.15, 0.2) is 5.69 Å². The Labute approximate surface area is 195 Å². The molecule has 0 aliphatic rings. The second-order valence-electron chi connectivity index (χ2n) is 7.21. The van der Waals surface area contributed by atoms with Gasteiger partial charge in [-0.05, 0) is 18.2 Å². The molecule has 3 aromatic rings. The molecule has 186 valence electrons. The maximum absolute atomic E-state index is 14.3. The summed E-state index contributed by atoms with van der Waals surface area (Å²) in [6, 6.07) is 2.84. The number of benzene rings is 1. The molecule has 0 spiro atoms. The number of carbonyl (C=O) groups is 1. The number of alkyl halides is 3. The molecule has 1 aromatic carbocycles. The number of nitrogens with two attached hydrogens (primary N) is 2. The third-order valence-electron chi connectivity index (χ3n) is 4.74. The van der Waals surface area contributed by atoms with Crippen molar-refractivity contribution in [2.75, 3.05) is 30.8 Å². The van der Waals surface area contributed by atoms with Gasteiger partial charge in [-0.3, -0.25) is 4.79 Å². The number of aliphatic hydroxyl groups excluding tert-OH is 1. The van der Waals surface area contributed by atoms with Crippen molar-refractivity contribution in [3.8, 4) is 17.1 Å². The highest BCUT2D eigenvalue weighted by molar-refractivity contribution is 6.07. The molecule has 0 bridgehead atoms. The van der Waals surface area contributed by atoms with Crippen molar-refractivity contribution >= 4 is 17.3 Å². The molecule has 9 nitrogen and oxygen atoms in total. The van der Waals surface area contributed by atoms with Crippen LogP contribution in [-0.2, 0) is 6.18 Å². The first-order chi connectivity index (χ1) is 16.6. The standard InChI is InChI=1S/C21H19F5N6O3/c22-12-2-1-3-13(23)16(12)17-11(21(24,25)26)4-14(28)18(32-17)19(34)31-15-6-29-9-30-20(15)35-8-10(5-27)7-33/h1-4,6,9-10,33H,5,7-8,27-28H2,(H,31,34). The van der Waals surface area contributed by atoms with Crippen LogP contribution in [0.4, 0.5) is 33.3 Å². The minimum atomic E-state index is -5.08. The lowest BCUT2D eigenvalue weighted by Gasteiger charge is -2.17. The van der Waals surface area contributed by atoms with Gasteiger partial charge in [-0.15, -0.1) is 0 Å². The van der Waals surface area contributed by atoms with E-state index in [2.05, 4.69) is 20.3 Å². The van der Waals surface area contributed by atoms with Gasteiger partial charge in [-0.2, -0.15) is 18.2 Å². The fourth-order valence-electron chi connectivity index (χ4n) is 2.93. The van der Waals surface area contributed by atoms with E-state index < -0.39 is 57.8 Å². The first-order valence-electron chi connectivity index (χ1n) is 9.94. The van der Waals surface area contributed by atoms with Gasteiger partial charge < -0.3 is 26.6 Å². The summed E-state index contributed by atoms with van der Waals surface area (Å²) in [6.45, 7) is -0.237. The van der Waals surface area contributed by atoms with Crippen molar-refractivity contribution in [1.29, 1.82) is 0 Å². The van der Waals surface area contributed by atoms with Gasteiger partial charge in [0.25, 0.3) is 5.91 Å². The van der Waals surface area contributed by atoms with E-state index in [1.165, 1.54) is 0 Å². The average molecular weight is 498 g/mol. The Kier molecular flexibility index (Phi) is 7.76. The van der Waals surface area contributed by atoms with Crippen molar-refractivity contribution in [1.82, 2.24) is 15.0 Å². The molecule has 14 heteroatoms. The lowest BCUT2D eigenvalue weighted by Crippen LogP contribution is -2.25. The van der Waals surface area contributed by atoms with Gasteiger partial charge >= 0.3 is 6.18 Å². The number of aromatic nitrogens is 3. The number of anilines is 2. The molecule has 0 saturated carbocycles. The number of halogens is 5. The van der Waals surface area contributed by atoms with Crippen LogP contribution in [-0.4, -0.2) is 45.7 Å². The van der Waals surface area contributed by atoms with E-state index in [1.54, 1.807) is 0 Å². The Morgan fingerprint density at radius 2 is 1.91 bits per heavy atom. The van der Waals surface area contributed by atoms with E-state index >= 15 is 0 Å². The largest absolute Gasteiger partial charge is 0.476 e. The lowest BCUT2D eigenvalue weighted by atomic mass is 10.0. The number of nitrogen functional groups attached to an aromatic ring is 1. The summed E-state index contributed by atoms with van der Waals surface area (Å²) >= 11 is 0. The summed E-state index contributed by atoms with van der Waals surface area (Å²) in [7, 11) is 0. The summed E-state index contributed by atoms with van der Waals surface area (Å²) < 4.78 is 74.9. The third-order valence-corrected chi connectivity index (χ3v) is 4.74. The molecule has 0 radical (unpaired) electrons. The molecule has 6 N–H and O–H groups in total. The molecule has 0 saturated heterocycles. The highest BCUT2D eigenvalue weighted by Gasteiger charge is 2.37. The zero-order valence-electron chi connectivity index (χ0n) is 17.8. The zero-order valence-corrected chi connectivity index (χ0v) is 17.8. The molecular weight excluding hydrogens is 479 g/mol. The van der Waals surface area contributed by atoms with E-state index in [0.717, 1.165) is 30.7 Å². The van der Waals surface area contributed by atoms with Gasteiger partial charge in [-0.25, -0.2) is 18.7 Å². The maximum Gasteiger partial charge on any atom is 0.418 e. The maximum atomic E-state index is 14.3. The summed E-state index contributed by atoms with van der Waals surface area (Å²) in [5.74, 6) is -4.31. The second-order valence-corrected chi connectivity index (χ2v) is 7.21. The summed E-state index contributed by atoms with van der Waals surface area (Å²) in [5, 5.41) is 11.5. The minimum Gasteiger partial charge on any atom is -0.476 e. The average Bonchev–Trinajstić information content (AvgIpc) is 2.80. The number of nitrogens with one attached hydrogen (secondary N) is 1. The van der Waals surface area contributed by atoms with Crippen LogP contribution in [0.25, 0.3) is 11.3 Å². The SMILES string of the molecule is NCC(CO)COc1ncncc1NC(=O)c1nc(-c2c(F)cccc2F)c(C(F)(F)F)cc1N. The van der Waals surface area contributed by atoms with E-state index in [1.807, 2.05) is 0 Å². The van der Waals surface area contributed by atoms with E-state index in [0.29, 0.717) is 6.07 Å². The number of amides is 1. The number of carbonyl (C=O) groups excluding carboxylic acids is 1. The molecule has 0 aliphatic carbocycles. The fourth-order valence-corrected chi connectivity index (χ4v) is 2.93. The highest BCUT2D eigenvalue weighted by Crippen LogP contribution is 2.39. The molecular formula is C21H19F5N6O3. The van der Waals surface area contributed by atoms with Crippen LogP contribution < -0.4 is 21.5 Å². The van der Waals surface area contributed by atoms with Gasteiger partial charge in [0.1, 0.15) is 23.6 Å². The van der Waals surface area contributed by atoms with Gasteiger partial charge in [0.05, 0.1) is 41.9 Å². The predicted molar refractivity (Wildman–Crippen MR) is 114 cm³/mol. The first kappa shape index (κ1) is 25.7. The Balaban J connectivity index is 2.02. The van der Waals surface area contributed by atoms with Crippen LogP contribution in [0.2, 0.25) is 0 Å². The molecule has 35 heavy (non-hydrogen) atoms. The van der Waals surface area contributed by atoms with Crippen LogP contribution in [0.1, 0.15) is 16.1 Å². The van der Waals surface area contributed by atoms with Crippen LogP contribution in [0.5, 0.6) is 5.88 Å². The van der Waals surface area contributed by atoms with Crippen molar-refractivity contribution in [3.63, 3.8) is 0 Å². The number of aliphatic hydroxyl groups is 1. The van der Waals surface area contributed by atoms with Crippen LogP contribution in [0.3, 0.4) is 0 Å². The Hall–Kier alpha value is -3.91. The minimum absolute atomic E-state index is 0.0652. The highest BCUT2D eigenvalue weighted by atomic mass is 19.4. The molecule has 1 atom stereocenters. The summed E-state index contributed by atoms with van der Waals surface area (Å²) in [4.78, 5) is 24.0. The molecule has 1 amide bonds. The molecule has 2 heterocycles. The van der Waals surface area contributed by atoms with E-state index in [4.69, 9.17) is 16.2 Å². The number of pyridine rings is 1. The molecule has 2 aromatic heterocycles. The van der Waals surface area contributed by atoms with Crippen LogP contribution in [0.15, 0.2) is 36.8 Å². The van der Waals surface area contributed by atoms with Crippen LogP contribution >= 0.6 is 0 Å². The molecule has 3 rings (SSSR count). The lowest BCUT2D eigenvalue weighted by molar-refractivity contribution is -0.137. The second kappa shape index (κ2) is 10.6. The Morgan fingerprint density at radius 1 is 1.23 bits per heavy atom. The topological polar surface area (TPSA) is 149 Å². The van der Waals surface area contributed by atoms with Gasteiger partial charge in [-0.1, -0.05) is 6.07 Å². The van der Waals surface area contributed by atoms with E-state index in [9.17, 15) is 31.9 Å². The number of ether oxygens (including phenoxy) is 1. The normalized spacial score (nSPS) is 12.3. The first-order valence-corrected chi connectivity index (χ1v) is 9.94. The van der Waals surface area contributed by atoms with E-state index in [-0.39, 0.29) is 31.3 Å². The number of hydrogen-bond donors (Lipinski definition) is 4. The number of rotatable bonds is 8. The van der Waals surface area contributed by atoms with Gasteiger partial charge in [0.2, 0.25) is 5.88 Å². The van der Waals surface area contributed by atoms with Crippen LogP contribution in [0, 0.1) is 17.6 Å². The van der Waals surface area contributed by atoms with Gasteiger partial charge in [0, 0.05) is 12.5 Å². The quantitative estimate of drug-likeness (QED) is 0.346. The number of nitrogens with zero attached hydrogens (tertiary/aromatic N) is 3. The molecule has 0 aliphatic heterocycles. The zero-order chi connectivity index (χ0) is 25.8. The Bertz CT molecular complexity index is 1200. The molecule has 0 fully saturated rings. The number of hydrogen-bond acceptors (Lipinski definition) is 8. The fraction of sp³-hybridized carbons (Fsp3) is 0.238. The summed E-state index contributed by atoms with van der Waals surface area (Å²) in [6.07, 6.45) is -2.85. The summed E-state index contributed by atoms with van der Waals surface area (Å²) in [5.41, 5.74) is 5.85. The Morgan fingerprint density at radius 3 is 2.51 bits per heavy atom. The van der Waals surface area contributed by atoms with Crippen molar-refractivity contribution in [2.45, 2.75) is 6.18 Å². The van der Waals surface area contributed by atoms with Crippen molar-refractivity contribution in [2.24, 2.45) is 11.7 Å². The van der Waals surface area contributed by atoms with Crippen molar-refractivity contribution in [3.05, 3.63) is 59.7 Å². The predicted octanol–water partition coefficient (Wildman–Crippen LogP) is 2.62. The third kappa shape index (κ3) is 5.78. The van der Waals surface area contributed by atoms with Crippen molar-refractivity contribution < 1.29 is 36.6 Å². The monoisotopic (exact) mass is 498 g/mol. The smallest absolute Gasteiger partial charge is 0.418 e.